The third-order valence-electron chi connectivity index (χ3n) is 2.54. The van der Waals surface area contributed by atoms with Crippen molar-refractivity contribution in [2.45, 2.75) is 25.6 Å². The third kappa shape index (κ3) is 3.06. The second-order valence-electron chi connectivity index (χ2n) is 4.05. The number of halogens is 3. The van der Waals surface area contributed by atoms with Crippen LogP contribution >= 0.6 is 0 Å². The van der Waals surface area contributed by atoms with Crippen molar-refractivity contribution in [1.29, 1.82) is 0 Å². The molecule has 7 heteroatoms. The minimum atomic E-state index is -4.43. The summed E-state index contributed by atoms with van der Waals surface area (Å²) in [5.41, 5.74) is -0.598. The van der Waals surface area contributed by atoms with Crippen molar-refractivity contribution in [3.63, 3.8) is 0 Å². The lowest BCUT2D eigenvalue weighted by atomic mass is 10.2. The first kappa shape index (κ1) is 12.1. The highest BCUT2D eigenvalue weighted by molar-refractivity contribution is 5.30. The first-order valence-corrected chi connectivity index (χ1v) is 5.35. The van der Waals surface area contributed by atoms with Gasteiger partial charge in [0.2, 0.25) is 5.95 Å². The number of rotatable bonds is 2. The van der Waals surface area contributed by atoms with Gasteiger partial charge in [-0.15, -0.1) is 0 Å². The van der Waals surface area contributed by atoms with Crippen molar-refractivity contribution in [1.82, 2.24) is 15.3 Å². The monoisotopic (exact) mass is 246 g/mol. The zero-order valence-corrected chi connectivity index (χ0v) is 9.30. The summed E-state index contributed by atoms with van der Waals surface area (Å²) in [6.45, 7) is 3.10. The fourth-order valence-corrected chi connectivity index (χ4v) is 1.74. The Hall–Kier alpha value is -1.37. The molecule has 1 aromatic heterocycles. The van der Waals surface area contributed by atoms with E-state index in [0.717, 1.165) is 25.6 Å². The quantitative estimate of drug-likeness (QED) is 0.831. The van der Waals surface area contributed by atoms with Crippen molar-refractivity contribution in [3.05, 3.63) is 17.5 Å². The highest BCUT2D eigenvalue weighted by atomic mass is 19.4. The first-order valence-electron chi connectivity index (χ1n) is 5.35. The van der Waals surface area contributed by atoms with Gasteiger partial charge in [0.25, 0.3) is 0 Å². The minimum Gasteiger partial charge on any atom is -0.350 e. The Morgan fingerprint density at radius 1 is 1.41 bits per heavy atom. The smallest absolute Gasteiger partial charge is 0.350 e. The van der Waals surface area contributed by atoms with E-state index in [1.807, 2.05) is 0 Å². The van der Waals surface area contributed by atoms with E-state index >= 15 is 0 Å². The van der Waals surface area contributed by atoms with E-state index < -0.39 is 11.9 Å². The summed E-state index contributed by atoms with van der Waals surface area (Å²) in [6, 6.07) is 1.04. The number of aryl methyl sites for hydroxylation is 1. The van der Waals surface area contributed by atoms with E-state index in [9.17, 15) is 13.2 Å². The van der Waals surface area contributed by atoms with Gasteiger partial charge in [0.05, 0.1) is 0 Å². The molecule has 1 aliphatic heterocycles. The van der Waals surface area contributed by atoms with Crippen molar-refractivity contribution in [2.24, 2.45) is 0 Å². The summed E-state index contributed by atoms with van der Waals surface area (Å²) in [7, 11) is 0. The van der Waals surface area contributed by atoms with Crippen LogP contribution in [0, 0.1) is 6.92 Å². The third-order valence-corrected chi connectivity index (χ3v) is 2.54. The normalized spacial score (nSPS) is 20.6. The summed E-state index contributed by atoms with van der Waals surface area (Å²) in [5.74, 6) is 0.0472. The van der Waals surface area contributed by atoms with Crippen LogP contribution in [-0.2, 0) is 6.18 Å². The summed E-state index contributed by atoms with van der Waals surface area (Å²) in [6.07, 6.45) is -3.57. The van der Waals surface area contributed by atoms with E-state index in [1.165, 1.54) is 6.92 Å². The molecule has 1 fully saturated rings. The zero-order valence-electron chi connectivity index (χ0n) is 9.30. The molecule has 1 atom stereocenters. The first-order chi connectivity index (χ1) is 7.95. The Labute approximate surface area is 96.7 Å². The molecular formula is C10H13F3N4. The van der Waals surface area contributed by atoms with Crippen LogP contribution < -0.4 is 10.6 Å². The summed E-state index contributed by atoms with van der Waals surface area (Å²) < 4.78 is 37.6. The molecule has 0 amide bonds. The van der Waals surface area contributed by atoms with Gasteiger partial charge in [-0.2, -0.15) is 13.2 Å². The van der Waals surface area contributed by atoms with Crippen LogP contribution in [0.3, 0.4) is 0 Å². The molecule has 2 rings (SSSR count). The molecule has 1 saturated heterocycles. The van der Waals surface area contributed by atoms with Crippen molar-refractivity contribution in [3.8, 4) is 0 Å². The summed E-state index contributed by atoms with van der Waals surface area (Å²) >= 11 is 0. The molecule has 17 heavy (non-hydrogen) atoms. The SMILES string of the molecule is Cc1cc(C(F)(F)F)nc(NC2CCNC2)n1. The Morgan fingerprint density at radius 3 is 2.76 bits per heavy atom. The topological polar surface area (TPSA) is 49.8 Å². The predicted octanol–water partition coefficient (Wildman–Crippen LogP) is 1.58. The molecule has 2 heterocycles. The minimum absolute atomic E-state index is 0.0472. The molecule has 0 spiro atoms. The van der Waals surface area contributed by atoms with Gasteiger partial charge in [-0.3, -0.25) is 0 Å². The lowest BCUT2D eigenvalue weighted by molar-refractivity contribution is -0.141. The highest BCUT2D eigenvalue weighted by Gasteiger charge is 2.33. The van der Waals surface area contributed by atoms with E-state index in [4.69, 9.17) is 0 Å². The lowest BCUT2D eigenvalue weighted by Gasteiger charge is -2.13. The van der Waals surface area contributed by atoms with Crippen LogP contribution in [-0.4, -0.2) is 29.1 Å². The average molecular weight is 246 g/mol. The van der Waals surface area contributed by atoms with Crippen LogP contribution in [0.1, 0.15) is 17.8 Å². The lowest BCUT2D eigenvalue weighted by Crippen LogP contribution is -2.24. The number of nitrogens with zero attached hydrogens (tertiary/aromatic N) is 2. The van der Waals surface area contributed by atoms with E-state index in [0.29, 0.717) is 5.69 Å². The van der Waals surface area contributed by atoms with Crippen LogP contribution in [0.25, 0.3) is 0 Å². The Balaban J connectivity index is 2.19. The molecule has 0 bridgehead atoms. The summed E-state index contributed by atoms with van der Waals surface area (Å²) in [5, 5.41) is 6.02. The van der Waals surface area contributed by atoms with Gasteiger partial charge >= 0.3 is 6.18 Å². The number of hydrogen-bond acceptors (Lipinski definition) is 4. The van der Waals surface area contributed by atoms with Gasteiger partial charge in [-0.1, -0.05) is 0 Å². The number of hydrogen-bond donors (Lipinski definition) is 2. The molecule has 1 unspecified atom stereocenters. The molecule has 94 valence electrons. The number of anilines is 1. The Kier molecular flexibility index (Phi) is 3.19. The zero-order chi connectivity index (χ0) is 12.5. The van der Waals surface area contributed by atoms with Crippen LogP contribution in [0.4, 0.5) is 19.1 Å². The fraction of sp³-hybridized carbons (Fsp3) is 0.600. The van der Waals surface area contributed by atoms with Crippen molar-refractivity contribution < 1.29 is 13.2 Å². The fourth-order valence-electron chi connectivity index (χ4n) is 1.74. The van der Waals surface area contributed by atoms with Gasteiger partial charge in [0.15, 0.2) is 0 Å². The standard InChI is InChI=1S/C10H13F3N4/c1-6-4-8(10(11,12)13)17-9(15-6)16-7-2-3-14-5-7/h4,7,14H,2-3,5H2,1H3,(H,15,16,17). The summed E-state index contributed by atoms with van der Waals surface area (Å²) in [4.78, 5) is 7.45. The Morgan fingerprint density at radius 2 is 2.18 bits per heavy atom. The molecule has 1 aliphatic rings. The maximum atomic E-state index is 12.5. The van der Waals surface area contributed by atoms with E-state index in [1.54, 1.807) is 0 Å². The Bertz CT molecular complexity index is 399. The second-order valence-corrected chi connectivity index (χ2v) is 4.05. The van der Waals surface area contributed by atoms with E-state index in [-0.39, 0.29) is 12.0 Å². The van der Waals surface area contributed by atoms with Crippen molar-refractivity contribution in [2.75, 3.05) is 18.4 Å². The maximum Gasteiger partial charge on any atom is 0.433 e. The predicted molar refractivity (Wildman–Crippen MR) is 56.7 cm³/mol. The molecule has 0 saturated carbocycles. The van der Waals surface area contributed by atoms with Crippen LogP contribution in [0.2, 0.25) is 0 Å². The molecule has 4 nitrogen and oxygen atoms in total. The van der Waals surface area contributed by atoms with Crippen LogP contribution in [0.5, 0.6) is 0 Å². The van der Waals surface area contributed by atoms with Gasteiger partial charge in [-0.05, 0) is 26.0 Å². The molecule has 2 N–H and O–H groups in total. The number of nitrogens with one attached hydrogen (secondary N) is 2. The number of alkyl halides is 3. The second kappa shape index (κ2) is 4.48. The average Bonchev–Trinajstić information content (AvgIpc) is 2.68. The molecular weight excluding hydrogens is 233 g/mol. The molecule has 1 aromatic rings. The molecule has 0 radical (unpaired) electrons. The van der Waals surface area contributed by atoms with Gasteiger partial charge < -0.3 is 10.6 Å². The van der Waals surface area contributed by atoms with Crippen molar-refractivity contribution >= 4 is 5.95 Å². The molecule has 0 aromatic carbocycles. The van der Waals surface area contributed by atoms with Gasteiger partial charge in [0, 0.05) is 18.3 Å². The van der Waals surface area contributed by atoms with Gasteiger partial charge in [-0.25, -0.2) is 9.97 Å². The van der Waals surface area contributed by atoms with Gasteiger partial charge in [0.1, 0.15) is 5.69 Å². The number of aromatic nitrogens is 2. The van der Waals surface area contributed by atoms with Crippen LogP contribution in [0.15, 0.2) is 6.07 Å². The van der Waals surface area contributed by atoms with E-state index in [2.05, 4.69) is 20.6 Å². The molecule has 0 aliphatic carbocycles. The highest BCUT2D eigenvalue weighted by Crippen LogP contribution is 2.28. The maximum absolute atomic E-state index is 12.5. The largest absolute Gasteiger partial charge is 0.433 e.